The molecule has 1 aliphatic rings. The Kier molecular flexibility index (Phi) is 3.10. The molecule has 0 N–H and O–H groups in total. The van der Waals surface area contributed by atoms with E-state index in [4.69, 9.17) is 0 Å². The molecule has 0 bridgehead atoms. The fraction of sp³-hybridized carbons (Fsp3) is 0.333. The Balaban J connectivity index is 2.31. The first-order valence-electron chi connectivity index (χ1n) is 5.45. The fourth-order valence-electron chi connectivity index (χ4n) is 1.65. The highest BCUT2D eigenvalue weighted by atomic mass is 16.2. The lowest BCUT2D eigenvalue weighted by Gasteiger charge is -2.24. The van der Waals surface area contributed by atoms with Crippen LogP contribution in [0.3, 0.4) is 0 Å². The van der Waals surface area contributed by atoms with E-state index in [9.17, 15) is 9.59 Å². The summed E-state index contributed by atoms with van der Waals surface area (Å²) >= 11 is 0. The molecule has 1 aromatic rings. The molecule has 0 fully saturated rings. The van der Waals surface area contributed by atoms with Crippen molar-refractivity contribution in [3.63, 3.8) is 0 Å². The van der Waals surface area contributed by atoms with E-state index < -0.39 is 5.41 Å². The molecular formula is C12H12N4O2. The van der Waals surface area contributed by atoms with Gasteiger partial charge in [0.15, 0.2) is 23.2 Å². The summed E-state index contributed by atoms with van der Waals surface area (Å²) in [5.41, 5.74) is -1.22. The van der Waals surface area contributed by atoms with Gasteiger partial charge in [0.1, 0.15) is 5.41 Å². The van der Waals surface area contributed by atoms with Gasteiger partial charge in [0.2, 0.25) is 0 Å². The Hall–Kier alpha value is -2.24. The van der Waals surface area contributed by atoms with Crippen molar-refractivity contribution in [2.45, 2.75) is 13.8 Å². The SMILES string of the molecule is CC(=O)C1(C(C)=O)C=NC(c2ncccn2)=NC1. The number of ketones is 2. The Labute approximate surface area is 104 Å². The van der Waals surface area contributed by atoms with Crippen molar-refractivity contribution in [2.24, 2.45) is 15.4 Å². The van der Waals surface area contributed by atoms with E-state index in [1.807, 2.05) is 0 Å². The van der Waals surface area contributed by atoms with E-state index in [0.29, 0.717) is 11.7 Å². The van der Waals surface area contributed by atoms with Crippen molar-refractivity contribution in [1.29, 1.82) is 0 Å². The monoisotopic (exact) mass is 244 g/mol. The summed E-state index contributed by atoms with van der Waals surface area (Å²) in [6.45, 7) is 2.80. The maximum atomic E-state index is 11.6. The number of aliphatic imine (C=N–C) groups is 2. The van der Waals surface area contributed by atoms with Gasteiger partial charge in [-0.15, -0.1) is 0 Å². The third-order valence-electron chi connectivity index (χ3n) is 2.91. The summed E-state index contributed by atoms with van der Waals surface area (Å²) in [6, 6.07) is 1.69. The van der Waals surface area contributed by atoms with Gasteiger partial charge in [-0.05, 0) is 19.9 Å². The molecule has 0 saturated carbocycles. The molecule has 0 aliphatic carbocycles. The van der Waals surface area contributed by atoms with Crippen LogP contribution in [0.1, 0.15) is 19.7 Å². The molecule has 2 rings (SSSR count). The second-order valence-electron chi connectivity index (χ2n) is 4.05. The molecule has 92 valence electrons. The molecule has 1 aromatic heterocycles. The predicted octanol–water partition coefficient (Wildman–Crippen LogP) is 0.472. The van der Waals surface area contributed by atoms with E-state index in [1.54, 1.807) is 18.5 Å². The van der Waals surface area contributed by atoms with Gasteiger partial charge in [-0.1, -0.05) is 0 Å². The molecule has 0 amide bonds. The number of carbonyl (C=O) groups excluding carboxylic acids is 2. The fourth-order valence-corrected chi connectivity index (χ4v) is 1.65. The molecule has 6 nitrogen and oxygen atoms in total. The minimum atomic E-state index is -1.22. The number of hydrogen-bond acceptors (Lipinski definition) is 6. The average Bonchev–Trinajstić information content (AvgIpc) is 2.39. The van der Waals surface area contributed by atoms with Crippen LogP contribution in [0.5, 0.6) is 0 Å². The molecule has 0 atom stereocenters. The number of hydrogen-bond donors (Lipinski definition) is 0. The van der Waals surface area contributed by atoms with Crippen LogP contribution in [0.25, 0.3) is 0 Å². The van der Waals surface area contributed by atoms with Gasteiger partial charge in [0.25, 0.3) is 0 Å². The number of aromatic nitrogens is 2. The van der Waals surface area contributed by atoms with Gasteiger partial charge in [-0.3, -0.25) is 14.6 Å². The second kappa shape index (κ2) is 4.56. The van der Waals surface area contributed by atoms with Crippen molar-refractivity contribution >= 4 is 23.6 Å². The number of carbonyl (C=O) groups is 2. The van der Waals surface area contributed by atoms with Crippen molar-refractivity contribution in [1.82, 2.24) is 9.97 Å². The molecule has 0 saturated heterocycles. The average molecular weight is 244 g/mol. The zero-order chi connectivity index (χ0) is 13.2. The summed E-state index contributed by atoms with van der Waals surface area (Å²) in [5, 5.41) is 0. The minimum absolute atomic E-state index is 0.0642. The first kappa shape index (κ1) is 12.2. The first-order chi connectivity index (χ1) is 8.56. The van der Waals surface area contributed by atoms with Crippen LogP contribution < -0.4 is 0 Å². The van der Waals surface area contributed by atoms with E-state index >= 15 is 0 Å². The maximum Gasteiger partial charge on any atom is 0.197 e. The number of amidine groups is 1. The Morgan fingerprint density at radius 1 is 1.17 bits per heavy atom. The second-order valence-corrected chi connectivity index (χ2v) is 4.05. The van der Waals surface area contributed by atoms with Crippen LogP contribution in [0.2, 0.25) is 0 Å². The summed E-state index contributed by atoms with van der Waals surface area (Å²) in [7, 11) is 0. The van der Waals surface area contributed by atoms with E-state index in [0.717, 1.165) is 0 Å². The molecule has 1 aliphatic heterocycles. The van der Waals surface area contributed by atoms with Crippen molar-refractivity contribution in [2.75, 3.05) is 6.54 Å². The molecule has 0 spiro atoms. The summed E-state index contributed by atoms with van der Waals surface area (Å²) in [4.78, 5) is 39.4. The van der Waals surface area contributed by atoms with Crippen LogP contribution >= 0.6 is 0 Å². The lowest BCUT2D eigenvalue weighted by atomic mass is 9.81. The molecular weight excluding hydrogens is 232 g/mol. The zero-order valence-corrected chi connectivity index (χ0v) is 10.1. The Morgan fingerprint density at radius 3 is 2.22 bits per heavy atom. The molecule has 0 aromatic carbocycles. The summed E-state index contributed by atoms with van der Waals surface area (Å²) < 4.78 is 0. The Morgan fingerprint density at radius 2 is 1.78 bits per heavy atom. The molecule has 2 heterocycles. The van der Waals surface area contributed by atoms with Crippen LogP contribution in [-0.4, -0.2) is 40.1 Å². The zero-order valence-electron chi connectivity index (χ0n) is 10.1. The van der Waals surface area contributed by atoms with Crippen molar-refractivity contribution in [3.05, 3.63) is 24.3 Å². The maximum absolute atomic E-state index is 11.6. The lowest BCUT2D eigenvalue weighted by molar-refractivity contribution is -0.133. The highest BCUT2D eigenvalue weighted by Crippen LogP contribution is 2.22. The quantitative estimate of drug-likeness (QED) is 0.723. The van der Waals surface area contributed by atoms with Gasteiger partial charge in [0, 0.05) is 18.6 Å². The van der Waals surface area contributed by atoms with Gasteiger partial charge < -0.3 is 0 Å². The number of nitrogens with zero attached hydrogens (tertiary/aromatic N) is 4. The summed E-state index contributed by atoms with van der Waals surface area (Å²) in [5.74, 6) is 0.217. The van der Waals surface area contributed by atoms with Crippen molar-refractivity contribution < 1.29 is 9.59 Å². The van der Waals surface area contributed by atoms with Gasteiger partial charge in [-0.25, -0.2) is 15.0 Å². The van der Waals surface area contributed by atoms with Crippen LogP contribution in [0, 0.1) is 5.41 Å². The molecule has 6 heteroatoms. The highest BCUT2D eigenvalue weighted by molar-refractivity contribution is 6.21. The third-order valence-corrected chi connectivity index (χ3v) is 2.91. The topological polar surface area (TPSA) is 84.6 Å². The van der Waals surface area contributed by atoms with Crippen LogP contribution in [0.4, 0.5) is 0 Å². The summed E-state index contributed by atoms with van der Waals surface area (Å²) in [6.07, 6.45) is 4.52. The first-order valence-corrected chi connectivity index (χ1v) is 5.45. The standard InChI is InChI=1S/C12H12N4O2/c1-8(17)12(9(2)18)6-15-11(16-7-12)10-13-4-3-5-14-10/h3-6H,7H2,1-2H3. The lowest BCUT2D eigenvalue weighted by Crippen LogP contribution is -2.43. The van der Waals surface area contributed by atoms with Gasteiger partial charge >= 0.3 is 0 Å². The Bertz CT molecular complexity index is 534. The third kappa shape index (κ3) is 1.97. The van der Waals surface area contributed by atoms with Gasteiger partial charge in [-0.2, -0.15) is 0 Å². The highest BCUT2D eigenvalue weighted by Gasteiger charge is 2.40. The molecule has 18 heavy (non-hydrogen) atoms. The van der Waals surface area contributed by atoms with E-state index in [1.165, 1.54) is 20.1 Å². The number of Topliss-reactive ketones (excluding diaryl/α,β-unsaturated/α-hetero) is 2. The van der Waals surface area contributed by atoms with Crippen LogP contribution in [0.15, 0.2) is 28.4 Å². The van der Waals surface area contributed by atoms with E-state index in [2.05, 4.69) is 20.0 Å². The largest absolute Gasteiger partial charge is 0.298 e. The molecule has 0 radical (unpaired) electrons. The van der Waals surface area contributed by atoms with Gasteiger partial charge in [0.05, 0.1) is 6.54 Å². The van der Waals surface area contributed by atoms with Crippen LogP contribution in [-0.2, 0) is 9.59 Å². The number of rotatable bonds is 3. The normalized spacial score (nSPS) is 17.1. The van der Waals surface area contributed by atoms with Crippen molar-refractivity contribution in [3.8, 4) is 0 Å². The minimum Gasteiger partial charge on any atom is -0.298 e. The molecule has 0 unspecified atom stereocenters. The smallest absolute Gasteiger partial charge is 0.197 e. The predicted molar refractivity (Wildman–Crippen MR) is 65.7 cm³/mol. The van der Waals surface area contributed by atoms with E-state index in [-0.39, 0.29) is 18.1 Å².